The molecule has 0 spiro atoms. The predicted molar refractivity (Wildman–Crippen MR) is 67.9 cm³/mol. The Morgan fingerprint density at radius 1 is 1.20 bits per heavy atom. The van der Waals surface area contributed by atoms with E-state index < -0.39 is 11.7 Å². The van der Waals surface area contributed by atoms with Gasteiger partial charge in [0.15, 0.2) is 0 Å². The zero-order chi connectivity index (χ0) is 14.8. The van der Waals surface area contributed by atoms with Gasteiger partial charge in [0, 0.05) is 12.5 Å². The number of hydrogen-bond acceptors (Lipinski definition) is 3. The maximum Gasteiger partial charge on any atom is 0.419 e. The molecule has 3 nitrogen and oxygen atoms in total. The van der Waals surface area contributed by atoms with E-state index in [2.05, 4.69) is 9.97 Å². The van der Waals surface area contributed by atoms with Crippen LogP contribution in [-0.2, 0) is 12.6 Å². The molecule has 0 saturated carbocycles. The minimum atomic E-state index is -4.50. The summed E-state index contributed by atoms with van der Waals surface area (Å²) in [5.74, 6) is 0.0624. The molecule has 0 radical (unpaired) electrons. The Labute approximate surface area is 118 Å². The zero-order valence-electron chi connectivity index (χ0n) is 10.4. The normalized spacial score (nSPS) is 11.4. The van der Waals surface area contributed by atoms with Gasteiger partial charge in [-0.1, -0.05) is 30.7 Å². The van der Waals surface area contributed by atoms with Crippen LogP contribution in [0.4, 0.5) is 13.2 Å². The van der Waals surface area contributed by atoms with Gasteiger partial charge in [-0.15, -0.1) is 0 Å². The summed E-state index contributed by atoms with van der Waals surface area (Å²) in [4.78, 5) is 7.90. The summed E-state index contributed by atoms with van der Waals surface area (Å²) in [6.45, 7) is 1.80. The maximum absolute atomic E-state index is 12.8. The minimum Gasteiger partial charge on any atom is -0.438 e. The number of nitrogens with zero attached hydrogens (tertiary/aromatic N) is 2. The molecule has 1 aromatic carbocycles. The molecule has 0 aliphatic heterocycles. The third-order valence-electron chi connectivity index (χ3n) is 2.44. The van der Waals surface area contributed by atoms with Crippen molar-refractivity contribution in [1.82, 2.24) is 9.97 Å². The summed E-state index contributed by atoms with van der Waals surface area (Å²) < 4.78 is 43.7. The van der Waals surface area contributed by atoms with Gasteiger partial charge in [-0.05, 0) is 12.1 Å². The second-order valence-corrected chi connectivity index (χ2v) is 4.28. The molecule has 1 heterocycles. The average Bonchev–Trinajstić information content (AvgIpc) is 2.37. The number of alkyl halides is 3. The summed E-state index contributed by atoms with van der Waals surface area (Å²) in [5, 5.41) is 0.122. The van der Waals surface area contributed by atoms with Crippen molar-refractivity contribution in [2.75, 3.05) is 0 Å². The smallest absolute Gasteiger partial charge is 0.419 e. The molecule has 20 heavy (non-hydrogen) atoms. The second kappa shape index (κ2) is 5.66. The fourth-order valence-corrected chi connectivity index (χ4v) is 1.75. The molecule has 7 heteroatoms. The topological polar surface area (TPSA) is 35.0 Å². The van der Waals surface area contributed by atoms with E-state index in [4.69, 9.17) is 16.3 Å². The third kappa shape index (κ3) is 3.39. The van der Waals surface area contributed by atoms with E-state index in [-0.39, 0.29) is 16.8 Å². The van der Waals surface area contributed by atoms with Crippen molar-refractivity contribution in [2.24, 2.45) is 0 Å². The van der Waals surface area contributed by atoms with Crippen molar-refractivity contribution < 1.29 is 17.9 Å². The van der Waals surface area contributed by atoms with Crippen molar-refractivity contribution in [3.63, 3.8) is 0 Å². The van der Waals surface area contributed by atoms with Gasteiger partial charge in [0.1, 0.15) is 16.7 Å². The molecule has 2 aromatic rings. The van der Waals surface area contributed by atoms with Crippen LogP contribution in [0, 0.1) is 0 Å². The Hall–Kier alpha value is -1.82. The zero-order valence-corrected chi connectivity index (χ0v) is 11.2. The van der Waals surface area contributed by atoms with Crippen LogP contribution < -0.4 is 4.74 Å². The number of para-hydroxylation sites is 1. The Morgan fingerprint density at radius 2 is 1.90 bits per heavy atom. The van der Waals surface area contributed by atoms with E-state index in [1.807, 2.05) is 0 Å². The lowest BCUT2D eigenvalue weighted by atomic mass is 10.2. The van der Waals surface area contributed by atoms with Gasteiger partial charge in [-0.3, -0.25) is 0 Å². The van der Waals surface area contributed by atoms with Crippen molar-refractivity contribution >= 4 is 11.6 Å². The first-order valence-electron chi connectivity index (χ1n) is 5.77. The van der Waals surface area contributed by atoms with Crippen LogP contribution in [0.25, 0.3) is 0 Å². The monoisotopic (exact) mass is 302 g/mol. The number of benzene rings is 1. The lowest BCUT2D eigenvalue weighted by Gasteiger charge is -2.13. The van der Waals surface area contributed by atoms with E-state index in [1.54, 1.807) is 6.92 Å². The van der Waals surface area contributed by atoms with Crippen molar-refractivity contribution in [3.05, 3.63) is 46.9 Å². The van der Waals surface area contributed by atoms with E-state index in [0.29, 0.717) is 12.2 Å². The quantitative estimate of drug-likeness (QED) is 0.783. The fourth-order valence-electron chi connectivity index (χ4n) is 1.55. The van der Waals surface area contributed by atoms with Crippen LogP contribution in [0.1, 0.15) is 18.3 Å². The Kier molecular flexibility index (Phi) is 4.13. The van der Waals surface area contributed by atoms with Gasteiger partial charge in [0.05, 0.1) is 5.56 Å². The molecule has 106 valence electrons. The Morgan fingerprint density at radius 3 is 2.55 bits per heavy atom. The second-order valence-electron chi connectivity index (χ2n) is 3.89. The molecular weight excluding hydrogens is 293 g/mol. The molecule has 0 saturated heterocycles. The lowest BCUT2D eigenvalue weighted by Crippen LogP contribution is -2.07. The number of halogens is 4. The van der Waals surface area contributed by atoms with E-state index in [9.17, 15) is 13.2 Å². The fraction of sp³-hybridized carbons (Fsp3) is 0.231. The van der Waals surface area contributed by atoms with Crippen LogP contribution in [0.3, 0.4) is 0 Å². The van der Waals surface area contributed by atoms with Gasteiger partial charge in [0.25, 0.3) is 0 Å². The first-order valence-corrected chi connectivity index (χ1v) is 6.15. The molecule has 2 rings (SSSR count). The number of rotatable bonds is 3. The van der Waals surface area contributed by atoms with Crippen molar-refractivity contribution in [3.8, 4) is 11.6 Å². The molecule has 0 amide bonds. The molecule has 0 atom stereocenters. The number of hydrogen-bond donors (Lipinski definition) is 0. The molecule has 0 bridgehead atoms. The molecule has 0 N–H and O–H groups in total. The van der Waals surface area contributed by atoms with Gasteiger partial charge in [-0.2, -0.15) is 18.2 Å². The van der Waals surface area contributed by atoms with Crippen LogP contribution in [0.5, 0.6) is 11.6 Å². The molecule has 1 aromatic heterocycles. The molecular formula is C13H10ClF3N2O. The summed E-state index contributed by atoms with van der Waals surface area (Å²) in [7, 11) is 0. The Balaban J connectivity index is 2.38. The van der Waals surface area contributed by atoms with Crippen LogP contribution >= 0.6 is 11.6 Å². The van der Waals surface area contributed by atoms with Crippen LogP contribution in [0.15, 0.2) is 30.3 Å². The predicted octanol–water partition coefficient (Wildman–Crippen LogP) is 4.50. The maximum atomic E-state index is 12.8. The number of aromatic nitrogens is 2. The summed E-state index contributed by atoms with van der Waals surface area (Å²) >= 11 is 5.77. The highest BCUT2D eigenvalue weighted by Gasteiger charge is 2.34. The largest absolute Gasteiger partial charge is 0.438 e. The van der Waals surface area contributed by atoms with Gasteiger partial charge in [-0.25, -0.2) is 4.98 Å². The van der Waals surface area contributed by atoms with Gasteiger partial charge < -0.3 is 4.74 Å². The SMILES string of the molecule is CCc1nc(Cl)cc(Oc2ccccc2C(F)(F)F)n1. The third-order valence-corrected chi connectivity index (χ3v) is 2.63. The average molecular weight is 303 g/mol. The lowest BCUT2D eigenvalue weighted by molar-refractivity contribution is -0.138. The first-order chi connectivity index (χ1) is 9.40. The molecule has 0 unspecified atom stereocenters. The Bertz CT molecular complexity index is 617. The minimum absolute atomic E-state index is 0.0152. The van der Waals surface area contributed by atoms with Crippen LogP contribution in [0.2, 0.25) is 5.15 Å². The number of aryl methyl sites for hydroxylation is 1. The standard InChI is InChI=1S/C13H10ClF3N2O/c1-2-11-18-10(14)7-12(19-11)20-9-6-4-3-5-8(9)13(15,16)17/h3-7H,2H2,1H3. The highest BCUT2D eigenvalue weighted by molar-refractivity contribution is 6.29. The number of ether oxygens (including phenoxy) is 1. The molecule has 0 aliphatic carbocycles. The van der Waals surface area contributed by atoms with E-state index in [1.165, 1.54) is 24.3 Å². The summed E-state index contributed by atoms with van der Waals surface area (Å²) in [5.41, 5.74) is -0.868. The van der Waals surface area contributed by atoms with Crippen molar-refractivity contribution in [2.45, 2.75) is 19.5 Å². The molecule has 0 aliphatic rings. The summed E-state index contributed by atoms with van der Waals surface area (Å²) in [6.07, 6.45) is -4.00. The van der Waals surface area contributed by atoms with Gasteiger partial charge >= 0.3 is 6.18 Å². The van der Waals surface area contributed by atoms with E-state index >= 15 is 0 Å². The van der Waals surface area contributed by atoms with Crippen LogP contribution in [-0.4, -0.2) is 9.97 Å². The highest BCUT2D eigenvalue weighted by atomic mass is 35.5. The summed E-state index contributed by atoms with van der Waals surface area (Å²) in [6, 6.07) is 6.19. The van der Waals surface area contributed by atoms with E-state index in [0.717, 1.165) is 6.07 Å². The highest BCUT2D eigenvalue weighted by Crippen LogP contribution is 2.37. The van der Waals surface area contributed by atoms with Crippen molar-refractivity contribution in [1.29, 1.82) is 0 Å². The first kappa shape index (κ1) is 14.6. The molecule has 0 fully saturated rings. The van der Waals surface area contributed by atoms with Gasteiger partial charge in [0.2, 0.25) is 5.88 Å².